The van der Waals surface area contributed by atoms with Gasteiger partial charge in [-0.15, -0.1) is 0 Å². The minimum atomic E-state index is 0.0820. The summed E-state index contributed by atoms with van der Waals surface area (Å²) in [5, 5.41) is 1.67. The van der Waals surface area contributed by atoms with E-state index >= 15 is 0 Å². The standard InChI is InChI=1S/C12H11ClN2O/c13-9-2-3-10-8(6-9)7-11(14-10)12(16)15-4-1-5-15/h2-3,6-7,14H,1,4-5H2. The Labute approximate surface area is 98.0 Å². The van der Waals surface area contributed by atoms with Gasteiger partial charge in [0.15, 0.2) is 0 Å². The number of rotatable bonds is 1. The third-order valence-corrected chi connectivity index (χ3v) is 3.19. The van der Waals surface area contributed by atoms with Crippen LogP contribution >= 0.6 is 11.6 Å². The number of benzene rings is 1. The van der Waals surface area contributed by atoms with Gasteiger partial charge in [-0.1, -0.05) is 11.6 Å². The maximum absolute atomic E-state index is 11.9. The van der Waals surface area contributed by atoms with Crippen molar-refractivity contribution < 1.29 is 4.79 Å². The van der Waals surface area contributed by atoms with E-state index in [1.54, 1.807) is 0 Å². The molecule has 0 aliphatic carbocycles. The molecule has 2 heterocycles. The molecule has 3 nitrogen and oxygen atoms in total. The summed E-state index contributed by atoms with van der Waals surface area (Å²) in [6.07, 6.45) is 1.11. The number of aromatic nitrogens is 1. The third kappa shape index (κ3) is 1.48. The van der Waals surface area contributed by atoms with E-state index in [2.05, 4.69) is 4.98 Å². The van der Waals surface area contributed by atoms with E-state index < -0.39 is 0 Å². The fraction of sp³-hybridized carbons (Fsp3) is 0.250. The quantitative estimate of drug-likeness (QED) is 0.809. The molecule has 2 aromatic rings. The van der Waals surface area contributed by atoms with Gasteiger partial charge >= 0.3 is 0 Å². The number of aromatic amines is 1. The largest absolute Gasteiger partial charge is 0.351 e. The van der Waals surface area contributed by atoms with E-state index in [-0.39, 0.29) is 5.91 Å². The first-order valence-electron chi connectivity index (χ1n) is 5.31. The molecule has 0 spiro atoms. The van der Waals surface area contributed by atoms with Crippen LogP contribution in [0.2, 0.25) is 5.02 Å². The van der Waals surface area contributed by atoms with Crippen molar-refractivity contribution in [1.29, 1.82) is 0 Å². The summed E-state index contributed by atoms with van der Waals surface area (Å²) in [6, 6.07) is 7.44. The molecule has 1 aliphatic heterocycles. The highest BCUT2D eigenvalue weighted by atomic mass is 35.5. The maximum atomic E-state index is 11.9. The number of amides is 1. The smallest absolute Gasteiger partial charge is 0.270 e. The lowest BCUT2D eigenvalue weighted by Gasteiger charge is -2.30. The second-order valence-corrected chi connectivity index (χ2v) is 4.50. The Kier molecular flexibility index (Phi) is 2.14. The minimum Gasteiger partial charge on any atom is -0.351 e. The summed E-state index contributed by atoms with van der Waals surface area (Å²) in [6.45, 7) is 1.74. The molecule has 82 valence electrons. The monoisotopic (exact) mass is 234 g/mol. The summed E-state index contributed by atoms with van der Waals surface area (Å²) in [5.74, 6) is 0.0820. The first kappa shape index (κ1) is 9.73. The molecule has 0 unspecified atom stereocenters. The summed E-state index contributed by atoms with van der Waals surface area (Å²) < 4.78 is 0. The van der Waals surface area contributed by atoms with Crippen LogP contribution in [0.25, 0.3) is 10.9 Å². The zero-order valence-corrected chi connectivity index (χ0v) is 9.42. The zero-order chi connectivity index (χ0) is 11.1. The van der Waals surface area contributed by atoms with Crippen LogP contribution in [0.3, 0.4) is 0 Å². The Balaban J connectivity index is 2.01. The molecule has 1 amide bonds. The van der Waals surface area contributed by atoms with Crippen molar-refractivity contribution in [3.63, 3.8) is 0 Å². The molecule has 1 aromatic heterocycles. The number of carbonyl (C=O) groups excluding carboxylic acids is 1. The number of nitrogens with one attached hydrogen (secondary N) is 1. The Bertz CT molecular complexity index is 557. The Morgan fingerprint density at radius 1 is 1.31 bits per heavy atom. The number of carbonyl (C=O) groups is 1. The van der Waals surface area contributed by atoms with Crippen molar-refractivity contribution in [1.82, 2.24) is 9.88 Å². The number of halogens is 1. The van der Waals surface area contributed by atoms with Crippen molar-refractivity contribution in [2.24, 2.45) is 0 Å². The molecule has 1 fully saturated rings. The van der Waals surface area contributed by atoms with E-state index in [4.69, 9.17) is 11.6 Å². The second-order valence-electron chi connectivity index (χ2n) is 4.06. The minimum absolute atomic E-state index is 0.0820. The Hall–Kier alpha value is -1.48. The van der Waals surface area contributed by atoms with E-state index in [9.17, 15) is 4.79 Å². The molecule has 0 saturated carbocycles. The Morgan fingerprint density at radius 2 is 2.12 bits per heavy atom. The van der Waals surface area contributed by atoms with Gasteiger partial charge < -0.3 is 9.88 Å². The highest BCUT2D eigenvalue weighted by Gasteiger charge is 2.22. The lowest BCUT2D eigenvalue weighted by molar-refractivity contribution is 0.0646. The van der Waals surface area contributed by atoms with E-state index in [1.807, 2.05) is 29.2 Å². The van der Waals surface area contributed by atoms with Crippen LogP contribution in [0.1, 0.15) is 16.9 Å². The molecule has 3 rings (SSSR count). The van der Waals surface area contributed by atoms with Crippen LogP contribution in [-0.2, 0) is 0 Å². The molecule has 1 N–H and O–H groups in total. The van der Waals surface area contributed by atoms with Crippen molar-refractivity contribution in [2.75, 3.05) is 13.1 Å². The van der Waals surface area contributed by atoms with Crippen LogP contribution in [0, 0.1) is 0 Å². The molecular weight excluding hydrogens is 224 g/mol. The summed E-state index contributed by atoms with van der Waals surface area (Å²) in [4.78, 5) is 16.9. The average molecular weight is 235 g/mol. The van der Waals surface area contributed by atoms with E-state index in [1.165, 1.54) is 0 Å². The molecule has 4 heteroatoms. The summed E-state index contributed by atoms with van der Waals surface area (Å²) >= 11 is 5.90. The molecule has 1 saturated heterocycles. The van der Waals surface area contributed by atoms with Crippen LogP contribution in [-0.4, -0.2) is 28.9 Å². The van der Waals surface area contributed by atoms with Gasteiger partial charge in [-0.2, -0.15) is 0 Å². The van der Waals surface area contributed by atoms with E-state index in [0.29, 0.717) is 10.7 Å². The summed E-state index contributed by atoms with van der Waals surface area (Å²) in [7, 11) is 0. The maximum Gasteiger partial charge on any atom is 0.270 e. The lowest BCUT2D eigenvalue weighted by Crippen LogP contribution is -2.42. The second kappa shape index (κ2) is 3.52. The van der Waals surface area contributed by atoms with Crippen LogP contribution < -0.4 is 0 Å². The topological polar surface area (TPSA) is 36.1 Å². The van der Waals surface area contributed by atoms with Gasteiger partial charge in [0.25, 0.3) is 5.91 Å². The molecule has 16 heavy (non-hydrogen) atoms. The Morgan fingerprint density at radius 3 is 2.81 bits per heavy atom. The van der Waals surface area contributed by atoms with Crippen molar-refractivity contribution in [3.05, 3.63) is 35.0 Å². The lowest BCUT2D eigenvalue weighted by atomic mass is 10.2. The van der Waals surface area contributed by atoms with Gasteiger partial charge in [0.2, 0.25) is 0 Å². The van der Waals surface area contributed by atoms with Gasteiger partial charge in [-0.3, -0.25) is 4.79 Å². The first-order chi connectivity index (χ1) is 7.74. The van der Waals surface area contributed by atoms with Crippen molar-refractivity contribution in [2.45, 2.75) is 6.42 Å². The van der Waals surface area contributed by atoms with Gasteiger partial charge in [-0.05, 0) is 30.7 Å². The number of nitrogens with zero attached hydrogens (tertiary/aromatic N) is 1. The predicted molar refractivity (Wildman–Crippen MR) is 63.8 cm³/mol. The highest BCUT2D eigenvalue weighted by molar-refractivity contribution is 6.31. The molecule has 0 atom stereocenters. The number of H-pyrrole nitrogens is 1. The van der Waals surface area contributed by atoms with Crippen LogP contribution in [0.15, 0.2) is 24.3 Å². The van der Waals surface area contributed by atoms with E-state index in [0.717, 1.165) is 30.4 Å². The third-order valence-electron chi connectivity index (χ3n) is 2.96. The zero-order valence-electron chi connectivity index (χ0n) is 8.66. The first-order valence-corrected chi connectivity index (χ1v) is 5.69. The molecule has 0 bridgehead atoms. The normalized spacial score (nSPS) is 15.2. The molecule has 1 aromatic carbocycles. The average Bonchev–Trinajstić information content (AvgIpc) is 2.57. The molecular formula is C12H11ClN2O. The molecule has 1 aliphatic rings. The van der Waals surface area contributed by atoms with Crippen LogP contribution in [0.4, 0.5) is 0 Å². The van der Waals surface area contributed by atoms with Gasteiger partial charge in [-0.25, -0.2) is 0 Å². The SMILES string of the molecule is O=C(c1cc2cc(Cl)ccc2[nH]1)N1CCC1. The number of fused-ring (bicyclic) bond motifs is 1. The van der Waals surface area contributed by atoms with Gasteiger partial charge in [0, 0.05) is 29.0 Å². The number of hydrogen-bond donors (Lipinski definition) is 1. The number of hydrogen-bond acceptors (Lipinski definition) is 1. The fourth-order valence-corrected chi connectivity index (χ4v) is 2.09. The fourth-order valence-electron chi connectivity index (χ4n) is 1.91. The predicted octanol–water partition coefficient (Wildman–Crippen LogP) is 2.67. The van der Waals surface area contributed by atoms with Gasteiger partial charge in [0.1, 0.15) is 5.69 Å². The molecule has 0 radical (unpaired) electrons. The summed E-state index contributed by atoms with van der Waals surface area (Å²) in [5.41, 5.74) is 1.60. The number of likely N-dealkylation sites (tertiary alicyclic amines) is 1. The van der Waals surface area contributed by atoms with Crippen molar-refractivity contribution in [3.8, 4) is 0 Å². The van der Waals surface area contributed by atoms with Crippen LogP contribution in [0.5, 0.6) is 0 Å². The van der Waals surface area contributed by atoms with Gasteiger partial charge in [0.05, 0.1) is 0 Å². The van der Waals surface area contributed by atoms with Crippen molar-refractivity contribution >= 4 is 28.4 Å². The highest BCUT2D eigenvalue weighted by Crippen LogP contribution is 2.21.